The average molecular weight is 267 g/mol. The molecule has 2 atom stereocenters. The number of hydrogen-bond acceptors (Lipinski definition) is 3. The molecule has 0 saturated carbocycles. The number of aliphatic carboxylic acids is 1. The van der Waals surface area contributed by atoms with Crippen LogP contribution in [0.4, 0.5) is 0 Å². The van der Waals surface area contributed by atoms with E-state index in [1.165, 1.54) is 0 Å². The molecule has 0 radical (unpaired) electrons. The molecule has 1 heterocycles. The molecular weight excluding hydrogens is 246 g/mol. The third-order valence-electron chi connectivity index (χ3n) is 3.26. The van der Waals surface area contributed by atoms with Crippen LogP contribution in [0, 0.1) is 13.8 Å². The van der Waals surface area contributed by atoms with E-state index in [0.717, 1.165) is 17.0 Å². The Bertz CT molecular complexity index is 494. The molecular formula is C13H21N3O3. The number of rotatable bonds is 5. The van der Waals surface area contributed by atoms with Gasteiger partial charge in [-0.2, -0.15) is 5.10 Å². The van der Waals surface area contributed by atoms with E-state index in [2.05, 4.69) is 10.4 Å². The van der Waals surface area contributed by atoms with Crippen LogP contribution in [0.15, 0.2) is 0 Å². The number of carboxylic acid groups (broad SMARTS) is 1. The van der Waals surface area contributed by atoms with Crippen LogP contribution in [-0.2, 0) is 16.6 Å². The zero-order valence-corrected chi connectivity index (χ0v) is 12.0. The predicted molar refractivity (Wildman–Crippen MR) is 71.0 cm³/mol. The van der Waals surface area contributed by atoms with Crippen molar-refractivity contribution in [2.75, 3.05) is 0 Å². The van der Waals surface area contributed by atoms with Gasteiger partial charge in [-0.1, -0.05) is 0 Å². The fourth-order valence-electron chi connectivity index (χ4n) is 2.23. The number of hydrogen-bond donors (Lipinski definition) is 2. The second kappa shape index (κ2) is 5.86. The molecule has 0 aliphatic carbocycles. The highest BCUT2D eigenvalue weighted by atomic mass is 16.4. The summed E-state index contributed by atoms with van der Waals surface area (Å²) in [6, 6.07) is -0.385. The molecule has 106 valence electrons. The van der Waals surface area contributed by atoms with Crippen LogP contribution < -0.4 is 5.32 Å². The van der Waals surface area contributed by atoms with Crippen LogP contribution in [0.2, 0.25) is 0 Å². The van der Waals surface area contributed by atoms with Crippen LogP contribution >= 0.6 is 0 Å². The first-order valence-corrected chi connectivity index (χ1v) is 6.26. The third-order valence-corrected chi connectivity index (χ3v) is 3.26. The maximum atomic E-state index is 12.1. The maximum absolute atomic E-state index is 12.1. The van der Waals surface area contributed by atoms with Crippen LogP contribution in [0.3, 0.4) is 0 Å². The van der Waals surface area contributed by atoms with E-state index in [1.54, 1.807) is 18.5 Å². The van der Waals surface area contributed by atoms with E-state index in [-0.39, 0.29) is 24.3 Å². The topological polar surface area (TPSA) is 84.2 Å². The van der Waals surface area contributed by atoms with Crippen LogP contribution in [0.5, 0.6) is 0 Å². The third kappa shape index (κ3) is 3.56. The van der Waals surface area contributed by atoms with Crippen molar-refractivity contribution in [2.24, 2.45) is 7.05 Å². The molecule has 1 aromatic rings. The van der Waals surface area contributed by atoms with E-state index in [4.69, 9.17) is 5.11 Å². The summed E-state index contributed by atoms with van der Waals surface area (Å²) >= 11 is 0. The largest absolute Gasteiger partial charge is 0.481 e. The molecule has 0 saturated heterocycles. The van der Waals surface area contributed by atoms with Crippen molar-refractivity contribution in [3.63, 3.8) is 0 Å². The van der Waals surface area contributed by atoms with Gasteiger partial charge in [0.05, 0.1) is 18.0 Å². The standard InChI is InChI=1S/C13H21N3O3/c1-7(6-11(17)18)14-13(19)8(2)12-9(3)15-16(5)10(12)4/h7-8H,6H2,1-5H3,(H,14,19)(H,17,18). The number of aromatic nitrogens is 2. The van der Waals surface area contributed by atoms with Crippen molar-refractivity contribution in [2.45, 2.75) is 46.1 Å². The Hall–Kier alpha value is -1.85. The summed E-state index contributed by atoms with van der Waals surface area (Å²) in [4.78, 5) is 22.7. The lowest BCUT2D eigenvalue weighted by molar-refractivity contribution is -0.137. The molecule has 0 aliphatic rings. The zero-order valence-electron chi connectivity index (χ0n) is 12.0. The van der Waals surface area contributed by atoms with Gasteiger partial charge in [0.1, 0.15) is 0 Å². The lowest BCUT2D eigenvalue weighted by Gasteiger charge is -2.16. The van der Waals surface area contributed by atoms with Crippen molar-refractivity contribution in [1.82, 2.24) is 15.1 Å². The number of aryl methyl sites for hydroxylation is 2. The summed E-state index contributed by atoms with van der Waals surface area (Å²) in [5.41, 5.74) is 2.68. The van der Waals surface area contributed by atoms with Gasteiger partial charge in [-0.15, -0.1) is 0 Å². The highest BCUT2D eigenvalue weighted by molar-refractivity contribution is 5.84. The summed E-state index contributed by atoms with van der Waals surface area (Å²) in [7, 11) is 1.84. The number of carbonyl (C=O) groups is 2. The molecule has 2 N–H and O–H groups in total. The van der Waals surface area contributed by atoms with Gasteiger partial charge < -0.3 is 10.4 Å². The van der Waals surface area contributed by atoms with Crippen molar-refractivity contribution in [3.05, 3.63) is 17.0 Å². The first kappa shape index (κ1) is 15.2. The van der Waals surface area contributed by atoms with E-state index in [1.807, 2.05) is 20.9 Å². The minimum absolute atomic E-state index is 0.0799. The first-order chi connectivity index (χ1) is 8.73. The fourth-order valence-corrected chi connectivity index (χ4v) is 2.23. The predicted octanol–water partition coefficient (Wildman–Crippen LogP) is 1.12. The van der Waals surface area contributed by atoms with Crippen molar-refractivity contribution < 1.29 is 14.7 Å². The Morgan fingerprint density at radius 3 is 2.37 bits per heavy atom. The molecule has 2 unspecified atom stereocenters. The molecule has 1 amide bonds. The molecule has 1 rings (SSSR count). The highest BCUT2D eigenvalue weighted by Gasteiger charge is 2.23. The Kier molecular flexibility index (Phi) is 4.69. The zero-order chi connectivity index (χ0) is 14.7. The minimum atomic E-state index is -0.922. The van der Waals surface area contributed by atoms with Gasteiger partial charge in [0.2, 0.25) is 5.91 Å². The van der Waals surface area contributed by atoms with Gasteiger partial charge in [0.25, 0.3) is 0 Å². The van der Waals surface area contributed by atoms with Gasteiger partial charge in [0.15, 0.2) is 0 Å². The Labute approximate surface area is 112 Å². The van der Waals surface area contributed by atoms with Crippen molar-refractivity contribution in [3.8, 4) is 0 Å². The summed E-state index contributed by atoms with van der Waals surface area (Å²) in [6.07, 6.45) is -0.0799. The van der Waals surface area contributed by atoms with Crippen molar-refractivity contribution >= 4 is 11.9 Å². The Morgan fingerprint density at radius 2 is 1.95 bits per heavy atom. The first-order valence-electron chi connectivity index (χ1n) is 6.26. The van der Waals surface area contributed by atoms with Crippen LogP contribution in [-0.4, -0.2) is 32.8 Å². The van der Waals surface area contributed by atoms with Crippen LogP contribution in [0.25, 0.3) is 0 Å². The van der Waals surface area contributed by atoms with Gasteiger partial charge in [-0.25, -0.2) is 0 Å². The van der Waals surface area contributed by atoms with E-state index < -0.39 is 5.97 Å². The molecule has 6 nitrogen and oxygen atoms in total. The summed E-state index contributed by atoms with van der Waals surface area (Å²) in [5, 5.41) is 15.7. The smallest absolute Gasteiger partial charge is 0.305 e. The van der Waals surface area contributed by atoms with Gasteiger partial charge >= 0.3 is 5.97 Å². The molecule has 0 spiro atoms. The number of carbonyl (C=O) groups excluding carboxylic acids is 1. The summed E-state index contributed by atoms with van der Waals surface area (Å²) < 4.78 is 1.75. The molecule has 6 heteroatoms. The highest BCUT2D eigenvalue weighted by Crippen LogP contribution is 2.23. The summed E-state index contributed by atoms with van der Waals surface area (Å²) in [6.45, 7) is 7.27. The van der Waals surface area contributed by atoms with E-state index in [0.29, 0.717) is 0 Å². The number of amides is 1. The second-order valence-corrected chi connectivity index (χ2v) is 4.94. The van der Waals surface area contributed by atoms with Gasteiger partial charge in [-0.3, -0.25) is 14.3 Å². The van der Waals surface area contributed by atoms with E-state index >= 15 is 0 Å². The normalized spacial score (nSPS) is 13.9. The molecule has 0 aromatic carbocycles. The quantitative estimate of drug-likeness (QED) is 0.837. The molecule has 0 fully saturated rings. The number of nitrogens with zero attached hydrogens (tertiary/aromatic N) is 2. The molecule has 0 bridgehead atoms. The van der Waals surface area contributed by atoms with Crippen molar-refractivity contribution in [1.29, 1.82) is 0 Å². The minimum Gasteiger partial charge on any atom is -0.481 e. The van der Waals surface area contributed by atoms with Gasteiger partial charge in [0, 0.05) is 24.3 Å². The number of carboxylic acids is 1. The van der Waals surface area contributed by atoms with Crippen LogP contribution in [0.1, 0.15) is 43.1 Å². The monoisotopic (exact) mass is 267 g/mol. The second-order valence-electron chi connectivity index (χ2n) is 4.94. The number of nitrogens with one attached hydrogen (secondary N) is 1. The maximum Gasteiger partial charge on any atom is 0.305 e. The molecule has 19 heavy (non-hydrogen) atoms. The van der Waals surface area contributed by atoms with Gasteiger partial charge in [-0.05, 0) is 27.7 Å². The lowest BCUT2D eigenvalue weighted by atomic mass is 9.98. The Balaban J connectivity index is 2.80. The fraction of sp³-hybridized carbons (Fsp3) is 0.615. The average Bonchev–Trinajstić information content (AvgIpc) is 2.50. The Morgan fingerprint density at radius 1 is 1.37 bits per heavy atom. The molecule has 1 aromatic heterocycles. The lowest BCUT2D eigenvalue weighted by Crippen LogP contribution is -2.37. The SMILES string of the molecule is Cc1nn(C)c(C)c1C(C)C(=O)NC(C)CC(=O)O. The van der Waals surface area contributed by atoms with E-state index in [9.17, 15) is 9.59 Å². The molecule has 0 aliphatic heterocycles. The summed E-state index contributed by atoms with van der Waals surface area (Å²) in [5.74, 6) is -1.44.